The largest absolute Gasteiger partial charge is 0.415 e. The molecule has 0 radical (unpaired) electrons. The van der Waals surface area contributed by atoms with E-state index in [4.69, 9.17) is 5.11 Å². The average Bonchev–Trinajstić information content (AvgIpc) is 1.81. The molecule has 1 heterocycles. The Kier molecular flexibility index (Phi) is 2.92. The lowest BCUT2D eigenvalue weighted by Gasteiger charge is -2.29. The number of rotatable bonds is 3. The Morgan fingerprint density at radius 2 is 2.08 bits per heavy atom. The predicted octanol–water partition coefficient (Wildman–Crippen LogP) is -0.529. The molecule has 3 nitrogen and oxygen atoms in total. The molecule has 1 fully saturated rings. The molecule has 12 heavy (non-hydrogen) atoms. The highest BCUT2D eigenvalue weighted by atomic mass is 19.4. The van der Waals surface area contributed by atoms with Gasteiger partial charge in [-0.25, -0.2) is 0 Å². The lowest BCUT2D eigenvalue weighted by molar-refractivity contribution is -0.202. The first-order valence-corrected chi connectivity index (χ1v) is 3.69. The molecular formula is C6H11F3N2O. The zero-order valence-corrected chi connectivity index (χ0v) is 6.36. The van der Waals surface area contributed by atoms with Crippen LogP contribution in [0.2, 0.25) is 0 Å². The first-order valence-electron chi connectivity index (χ1n) is 3.69. The van der Waals surface area contributed by atoms with Crippen molar-refractivity contribution in [2.75, 3.05) is 19.6 Å². The highest BCUT2D eigenvalue weighted by Gasteiger charge is 2.38. The summed E-state index contributed by atoms with van der Waals surface area (Å²) in [6, 6.07) is 0.0713. The second-order valence-corrected chi connectivity index (χ2v) is 2.82. The van der Waals surface area contributed by atoms with Gasteiger partial charge in [-0.05, 0) is 0 Å². The van der Waals surface area contributed by atoms with Crippen molar-refractivity contribution in [3.63, 3.8) is 0 Å². The molecule has 1 aliphatic rings. The van der Waals surface area contributed by atoms with E-state index in [1.54, 1.807) is 0 Å². The normalized spacial score (nSPS) is 22.0. The highest BCUT2D eigenvalue weighted by Crippen LogP contribution is 2.19. The molecule has 1 atom stereocenters. The Labute approximate surface area is 67.9 Å². The maximum Gasteiger partial charge on any atom is 0.415 e. The number of hydrogen-bond acceptors (Lipinski definition) is 3. The van der Waals surface area contributed by atoms with E-state index in [0.29, 0.717) is 13.1 Å². The fraction of sp³-hybridized carbons (Fsp3) is 1.00. The van der Waals surface area contributed by atoms with Crippen LogP contribution in [-0.2, 0) is 0 Å². The summed E-state index contributed by atoms with van der Waals surface area (Å²) < 4.78 is 35.1. The van der Waals surface area contributed by atoms with Gasteiger partial charge in [-0.2, -0.15) is 13.2 Å². The third-order valence-electron chi connectivity index (χ3n) is 1.76. The van der Waals surface area contributed by atoms with Crippen LogP contribution in [0.25, 0.3) is 0 Å². The van der Waals surface area contributed by atoms with Gasteiger partial charge in [0.25, 0.3) is 0 Å². The SMILES string of the molecule is OC(CNC1CNC1)C(F)(F)F. The van der Waals surface area contributed by atoms with Crippen LogP contribution in [0.5, 0.6) is 0 Å². The van der Waals surface area contributed by atoms with E-state index in [1.165, 1.54) is 0 Å². The van der Waals surface area contributed by atoms with Gasteiger partial charge in [0.05, 0.1) is 0 Å². The first kappa shape index (κ1) is 9.76. The van der Waals surface area contributed by atoms with Crippen LogP contribution in [-0.4, -0.2) is 43.1 Å². The maximum atomic E-state index is 11.7. The number of aliphatic hydroxyl groups is 1. The Balaban J connectivity index is 2.13. The van der Waals surface area contributed by atoms with Crippen LogP contribution in [0, 0.1) is 0 Å². The Bertz CT molecular complexity index is 146. The van der Waals surface area contributed by atoms with Gasteiger partial charge >= 0.3 is 6.18 Å². The van der Waals surface area contributed by atoms with Crippen LogP contribution in [0.4, 0.5) is 13.2 Å². The van der Waals surface area contributed by atoms with Crippen molar-refractivity contribution in [3.8, 4) is 0 Å². The minimum Gasteiger partial charge on any atom is -0.382 e. The molecule has 6 heteroatoms. The van der Waals surface area contributed by atoms with Crippen LogP contribution >= 0.6 is 0 Å². The minimum atomic E-state index is -4.51. The molecule has 1 aliphatic heterocycles. The number of aliphatic hydroxyl groups excluding tert-OH is 1. The van der Waals surface area contributed by atoms with E-state index >= 15 is 0 Å². The predicted molar refractivity (Wildman–Crippen MR) is 36.7 cm³/mol. The summed E-state index contributed by atoms with van der Waals surface area (Å²) in [4.78, 5) is 0. The molecular weight excluding hydrogens is 173 g/mol. The number of halogens is 3. The van der Waals surface area contributed by atoms with Crippen molar-refractivity contribution in [1.29, 1.82) is 0 Å². The fourth-order valence-corrected chi connectivity index (χ4v) is 0.827. The van der Waals surface area contributed by atoms with Crippen LogP contribution in [0.1, 0.15) is 0 Å². The molecule has 72 valence electrons. The summed E-state index contributed by atoms with van der Waals surface area (Å²) in [5, 5.41) is 14.0. The van der Waals surface area contributed by atoms with Crippen molar-refractivity contribution < 1.29 is 18.3 Å². The zero-order valence-electron chi connectivity index (χ0n) is 6.36. The summed E-state index contributed by atoms with van der Waals surface area (Å²) in [5.74, 6) is 0. The molecule has 0 spiro atoms. The second kappa shape index (κ2) is 3.59. The molecule has 1 saturated heterocycles. The molecule has 0 saturated carbocycles. The summed E-state index contributed by atoms with van der Waals surface area (Å²) in [6.45, 7) is 0.922. The van der Waals surface area contributed by atoms with Crippen molar-refractivity contribution in [1.82, 2.24) is 10.6 Å². The highest BCUT2D eigenvalue weighted by molar-refractivity contribution is 4.83. The van der Waals surface area contributed by atoms with E-state index in [0.717, 1.165) is 0 Å². The molecule has 0 aliphatic carbocycles. The summed E-state index contributed by atoms with van der Waals surface area (Å²) >= 11 is 0. The van der Waals surface area contributed by atoms with Crippen LogP contribution < -0.4 is 10.6 Å². The Morgan fingerprint density at radius 1 is 1.50 bits per heavy atom. The van der Waals surface area contributed by atoms with Gasteiger partial charge in [0.2, 0.25) is 0 Å². The fourth-order valence-electron chi connectivity index (χ4n) is 0.827. The number of nitrogens with one attached hydrogen (secondary N) is 2. The van der Waals surface area contributed by atoms with E-state index in [2.05, 4.69) is 10.6 Å². The Hall–Kier alpha value is -0.330. The van der Waals surface area contributed by atoms with Crippen molar-refractivity contribution in [2.24, 2.45) is 0 Å². The maximum absolute atomic E-state index is 11.7. The zero-order chi connectivity index (χ0) is 9.19. The molecule has 0 bridgehead atoms. The lowest BCUT2D eigenvalue weighted by Crippen LogP contribution is -2.57. The molecule has 0 aromatic rings. The smallest absolute Gasteiger partial charge is 0.382 e. The van der Waals surface area contributed by atoms with Gasteiger partial charge < -0.3 is 15.7 Å². The van der Waals surface area contributed by atoms with E-state index in [-0.39, 0.29) is 6.04 Å². The first-order chi connectivity index (χ1) is 5.50. The Morgan fingerprint density at radius 3 is 2.42 bits per heavy atom. The summed E-state index contributed by atoms with van der Waals surface area (Å²) in [7, 11) is 0. The third-order valence-corrected chi connectivity index (χ3v) is 1.76. The molecule has 0 aromatic heterocycles. The minimum absolute atomic E-state index is 0.0713. The quantitative estimate of drug-likeness (QED) is 0.552. The van der Waals surface area contributed by atoms with Crippen molar-refractivity contribution >= 4 is 0 Å². The molecule has 0 aromatic carbocycles. The van der Waals surface area contributed by atoms with E-state index in [9.17, 15) is 13.2 Å². The standard InChI is InChI=1S/C6H11F3N2O/c7-6(8,9)5(12)3-11-4-1-10-2-4/h4-5,10-12H,1-3H2. The number of alkyl halides is 3. The van der Waals surface area contributed by atoms with Gasteiger partial charge in [0, 0.05) is 25.7 Å². The van der Waals surface area contributed by atoms with Crippen LogP contribution in [0.3, 0.4) is 0 Å². The monoisotopic (exact) mass is 184 g/mol. The molecule has 1 rings (SSSR count). The third kappa shape index (κ3) is 2.62. The van der Waals surface area contributed by atoms with Gasteiger partial charge in [0.1, 0.15) is 0 Å². The van der Waals surface area contributed by atoms with Crippen molar-refractivity contribution in [2.45, 2.75) is 18.3 Å². The van der Waals surface area contributed by atoms with Gasteiger partial charge in [-0.15, -0.1) is 0 Å². The van der Waals surface area contributed by atoms with E-state index < -0.39 is 18.8 Å². The lowest BCUT2D eigenvalue weighted by atomic mass is 10.2. The summed E-state index contributed by atoms with van der Waals surface area (Å²) in [6.07, 6.45) is -6.76. The average molecular weight is 184 g/mol. The summed E-state index contributed by atoms with van der Waals surface area (Å²) in [5.41, 5.74) is 0. The molecule has 3 N–H and O–H groups in total. The topological polar surface area (TPSA) is 44.3 Å². The van der Waals surface area contributed by atoms with Gasteiger partial charge in [-0.3, -0.25) is 0 Å². The van der Waals surface area contributed by atoms with E-state index in [1.807, 2.05) is 0 Å². The van der Waals surface area contributed by atoms with Gasteiger partial charge in [-0.1, -0.05) is 0 Å². The number of hydrogen-bond donors (Lipinski definition) is 3. The second-order valence-electron chi connectivity index (χ2n) is 2.82. The van der Waals surface area contributed by atoms with Crippen molar-refractivity contribution in [3.05, 3.63) is 0 Å². The van der Waals surface area contributed by atoms with Gasteiger partial charge in [0.15, 0.2) is 6.10 Å². The molecule has 0 amide bonds. The van der Waals surface area contributed by atoms with Crippen LogP contribution in [0.15, 0.2) is 0 Å². The molecule has 1 unspecified atom stereocenters.